The highest BCUT2D eigenvalue weighted by Gasteiger charge is 2.34. The third kappa shape index (κ3) is 3.40. The molecule has 3 aromatic carbocycles. The van der Waals surface area contributed by atoms with Gasteiger partial charge >= 0.3 is 0 Å². The van der Waals surface area contributed by atoms with Crippen molar-refractivity contribution in [2.24, 2.45) is 0 Å². The molecule has 174 valence electrons. The molecule has 8 nitrogen and oxygen atoms in total. The molecule has 1 aliphatic heterocycles. The lowest BCUT2D eigenvalue weighted by molar-refractivity contribution is 0.354. The summed E-state index contributed by atoms with van der Waals surface area (Å²) in [5, 5.41) is 14.6. The molecule has 6 rings (SSSR count). The first-order valence-electron chi connectivity index (χ1n) is 10.8. The topological polar surface area (TPSA) is 91.0 Å². The van der Waals surface area contributed by atoms with Gasteiger partial charge in [0, 0.05) is 23.1 Å². The van der Waals surface area contributed by atoms with E-state index in [2.05, 4.69) is 10.1 Å². The van der Waals surface area contributed by atoms with Gasteiger partial charge in [-0.15, -0.1) is 5.10 Å². The Kier molecular flexibility index (Phi) is 4.77. The normalized spacial score (nSPS) is 14.2. The van der Waals surface area contributed by atoms with Crippen molar-refractivity contribution in [3.8, 4) is 40.3 Å². The molecule has 1 aliphatic rings. The highest BCUT2D eigenvalue weighted by Crippen LogP contribution is 2.49. The van der Waals surface area contributed by atoms with Crippen LogP contribution in [0.2, 0.25) is 0 Å². The summed E-state index contributed by atoms with van der Waals surface area (Å²) in [5.74, 6) is 1.86. The summed E-state index contributed by atoms with van der Waals surface area (Å²) in [5.41, 5.74) is 3.64. The van der Waals surface area contributed by atoms with Gasteiger partial charge in [0.1, 0.15) is 23.6 Å². The molecule has 2 aromatic heterocycles. The first-order valence-corrected chi connectivity index (χ1v) is 10.8. The van der Waals surface area contributed by atoms with Gasteiger partial charge in [0.2, 0.25) is 5.88 Å². The number of phenolic OH excluding ortho intramolecular Hbond substituents is 1. The van der Waals surface area contributed by atoms with Gasteiger partial charge in [-0.2, -0.15) is 0 Å². The highest BCUT2D eigenvalue weighted by molar-refractivity contribution is 5.69. The number of ether oxygens (including phenoxy) is 3. The van der Waals surface area contributed by atoms with Crippen LogP contribution in [0.5, 0.6) is 28.9 Å². The number of nitrogens with zero attached hydrogens (tertiary/aromatic N) is 4. The molecule has 0 unspecified atom stereocenters. The third-order valence-corrected chi connectivity index (χ3v) is 6.03. The molecule has 0 radical (unpaired) electrons. The van der Waals surface area contributed by atoms with Gasteiger partial charge in [-0.05, 0) is 48.0 Å². The van der Waals surface area contributed by atoms with Crippen LogP contribution in [0.15, 0.2) is 67.0 Å². The second-order valence-corrected chi connectivity index (χ2v) is 8.05. The van der Waals surface area contributed by atoms with Crippen molar-refractivity contribution >= 4 is 5.65 Å². The van der Waals surface area contributed by atoms with E-state index in [1.165, 1.54) is 18.5 Å². The van der Waals surface area contributed by atoms with Crippen LogP contribution in [0, 0.1) is 5.82 Å². The van der Waals surface area contributed by atoms with Crippen LogP contribution in [0.3, 0.4) is 0 Å². The minimum atomic E-state index is -0.351. The molecule has 0 fully saturated rings. The molecule has 1 N–H and O–H groups in total. The predicted octanol–water partition coefficient (Wildman–Crippen LogP) is 4.94. The summed E-state index contributed by atoms with van der Waals surface area (Å²) in [6.07, 6.45) is 1.52. The molecule has 9 heteroatoms. The van der Waals surface area contributed by atoms with Crippen LogP contribution in [0.25, 0.3) is 17.0 Å². The van der Waals surface area contributed by atoms with Crippen LogP contribution in [0.1, 0.15) is 22.6 Å². The Balaban J connectivity index is 1.60. The molecule has 0 saturated carbocycles. The maximum atomic E-state index is 13.4. The van der Waals surface area contributed by atoms with Gasteiger partial charge < -0.3 is 19.3 Å². The highest BCUT2D eigenvalue weighted by atomic mass is 19.1. The number of hydrogen-bond acceptors (Lipinski definition) is 7. The van der Waals surface area contributed by atoms with E-state index in [-0.39, 0.29) is 17.5 Å². The van der Waals surface area contributed by atoms with Crippen LogP contribution in [-0.4, -0.2) is 38.9 Å². The summed E-state index contributed by atoms with van der Waals surface area (Å²) in [4.78, 5) is 9.26. The molecule has 0 bridgehead atoms. The molecule has 0 aliphatic carbocycles. The molecular formula is C26H19FN4O4. The minimum Gasteiger partial charge on any atom is -0.508 e. The molecule has 0 saturated heterocycles. The molecule has 0 spiro atoms. The van der Waals surface area contributed by atoms with E-state index in [1.807, 2.05) is 24.3 Å². The van der Waals surface area contributed by atoms with Crippen molar-refractivity contribution in [1.82, 2.24) is 19.6 Å². The maximum absolute atomic E-state index is 13.4. The van der Waals surface area contributed by atoms with Crippen LogP contribution in [-0.2, 0) is 0 Å². The first-order chi connectivity index (χ1) is 17.1. The van der Waals surface area contributed by atoms with Gasteiger partial charge in [0.15, 0.2) is 23.0 Å². The number of fused-ring (bicyclic) bond motifs is 4. The average Bonchev–Trinajstić information content (AvgIpc) is 3.32. The number of rotatable bonds is 4. The number of hydrogen-bond donors (Lipinski definition) is 1. The SMILES string of the molecule is COc1ccc([C@@H]2c3ccc(O)cc3Oc3ncn4nc(-c5ccc(F)cc5)nc4c32)cc1OC. The number of phenols is 1. The molecular weight excluding hydrogens is 451 g/mol. The number of aromatic nitrogens is 4. The van der Waals surface area contributed by atoms with Crippen molar-refractivity contribution < 1.29 is 23.7 Å². The third-order valence-electron chi connectivity index (χ3n) is 6.03. The van der Waals surface area contributed by atoms with E-state index in [1.54, 1.807) is 43.0 Å². The number of aromatic hydroxyl groups is 1. The van der Waals surface area contributed by atoms with E-state index in [0.29, 0.717) is 45.7 Å². The Morgan fingerprint density at radius 2 is 1.77 bits per heavy atom. The van der Waals surface area contributed by atoms with E-state index in [9.17, 15) is 9.50 Å². The fourth-order valence-electron chi connectivity index (χ4n) is 4.40. The van der Waals surface area contributed by atoms with Crippen LogP contribution in [0.4, 0.5) is 4.39 Å². The maximum Gasteiger partial charge on any atom is 0.228 e. The summed E-state index contributed by atoms with van der Waals surface area (Å²) in [7, 11) is 3.17. The van der Waals surface area contributed by atoms with Gasteiger partial charge in [-0.3, -0.25) is 0 Å². The van der Waals surface area contributed by atoms with Crippen molar-refractivity contribution in [2.75, 3.05) is 14.2 Å². The molecule has 1 atom stereocenters. The lowest BCUT2D eigenvalue weighted by Gasteiger charge is -2.28. The minimum absolute atomic E-state index is 0.0837. The summed E-state index contributed by atoms with van der Waals surface area (Å²) < 4.78 is 32.1. The smallest absolute Gasteiger partial charge is 0.228 e. The van der Waals surface area contributed by atoms with Crippen molar-refractivity contribution in [3.05, 3.63) is 89.5 Å². The quantitative estimate of drug-likeness (QED) is 0.390. The van der Waals surface area contributed by atoms with Crippen molar-refractivity contribution in [1.29, 1.82) is 0 Å². The number of methoxy groups -OCH3 is 2. The van der Waals surface area contributed by atoms with Crippen LogP contribution < -0.4 is 14.2 Å². The first kappa shape index (κ1) is 20.9. The van der Waals surface area contributed by atoms with Gasteiger partial charge in [0.25, 0.3) is 0 Å². The van der Waals surface area contributed by atoms with Gasteiger partial charge in [-0.1, -0.05) is 12.1 Å². The Labute approximate surface area is 199 Å². The van der Waals surface area contributed by atoms with E-state index >= 15 is 0 Å². The zero-order chi connectivity index (χ0) is 24.1. The standard InChI is InChI=1S/C26H19FN4O4/c1-33-19-10-5-15(11-21(19)34-2)22-18-9-8-17(32)12-20(18)35-26-23(22)25-29-24(30-31(25)13-28-26)14-3-6-16(27)7-4-14/h3-13,22,32H,1-2H3/t22-/m1/s1. The zero-order valence-corrected chi connectivity index (χ0v) is 18.8. The molecule has 0 amide bonds. The Bertz CT molecular complexity index is 1580. The lowest BCUT2D eigenvalue weighted by Crippen LogP contribution is -2.15. The Hall–Kier alpha value is -4.66. The van der Waals surface area contributed by atoms with Crippen molar-refractivity contribution in [2.45, 2.75) is 5.92 Å². The van der Waals surface area contributed by atoms with Gasteiger partial charge in [-0.25, -0.2) is 18.9 Å². The summed E-state index contributed by atoms with van der Waals surface area (Å²) >= 11 is 0. The van der Waals surface area contributed by atoms with Crippen LogP contribution >= 0.6 is 0 Å². The lowest BCUT2D eigenvalue weighted by atomic mass is 9.83. The fraction of sp³-hybridized carbons (Fsp3) is 0.115. The van der Waals surface area contributed by atoms with E-state index in [4.69, 9.17) is 19.2 Å². The molecule has 5 aromatic rings. The summed E-state index contributed by atoms with van der Waals surface area (Å²) in [6, 6.07) is 16.7. The number of halogens is 1. The van der Waals surface area contributed by atoms with Gasteiger partial charge in [0.05, 0.1) is 19.8 Å². The predicted molar refractivity (Wildman–Crippen MR) is 125 cm³/mol. The summed E-state index contributed by atoms with van der Waals surface area (Å²) in [6.45, 7) is 0. The number of benzene rings is 3. The average molecular weight is 470 g/mol. The Morgan fingerprint density at radius 3 is 2.54 bits per heavy atom. The monoisotopic (exact) mass is 470 g/mol. The molecule has 35 heavy (non-hydrogen) atoms. The van der Waals surface area contributed by atoms with Crippen molar-refractivity contribution in [3.63, 3.8) is 0 Å². The molecule has 3 heterocycles. The van der Waals surface area contributed by atoms with E-state index < -0.39 is 0 Å². The Morgan fingerprint density at radius 1 is 0.971 bits per heavy atom. The largest absolute Gasteiger partial charge is 0.508 e. The fourth-order valence-corrected chi connectivity index (χ4v) is 4.40. The van der Waals surface area contributed by atoms with E-state index in [0.717, 1.165) is 11.1 Å². The zero-order valence-electron chi connectivity index (χ0n) is 18.8. The second kappa shape index (κ2) is 7.98. The second-order valence-electron chi connectivity index (χ2n) is 8.05.